The number of nitrogens with one attached hydrogen (secondary N) is 1. The van der Waals surface area contributed by atoms with Crippen LogP contribution in [0.5, 0.6) is 0 Å². The molecule has 1 aliphatic heterocycles. The third-order valence-corrected chi connectivity index (χ3v) is 5.27. The Labute approximate surface area is 147 Å². The molecule has 0 saturated heterocycles. The highest BCUT2D eigenvalue weighted by molar-refractivity contribution is 7.89. The highest BCUT2D eigenvalue weighted by Crippen LogP contribution is 2.29. The Bertz CT molecular complexity index is 823. The van der Waals surface area contributed by atoms with Gasteiger partial charge in [0.2, 0.25) is 10.0 Å². The molecular formula is C18H20N2O4S. The van der Waals surface area contributed by atoms with Crippen LogP contribution in [0.1, 0.15) is 11.7 Å². The molecule has 0 radical (unpaired) electrons. The third kappa shape index (κ3) is 4.25. The molecule has 25 heavy (non-hydrogen) atoms. The van der Waals surface area contributed by atoms with Gasteiger partial charge in [0.05, 0.1) is 18.0 Å². The van der Waals surface area contributed by atoms with Crippen molar-refractivity contribution in [3.8, 4) is 0 Å². The van der Waals surface area contributed by atoms with Gasteiger partial charge in [0, 0.05) is 7.11 Å². The predicted octanol–water partition coefficient (Wildman–Crippen LogP) is 2.15. The summed E-state index contributed by atoms with van der Waals surface area (Å²) in [5.74, 6) is 0.357. The van der Waals surface area contributed by atoms with Crippen LogP contribution in [0.15, 0.2) is 70.6 Å². The van der Waals surface area contributed by atoms with Gasteiger partial charge in [0.15, 0.2) is 5.90 Å². The predicted molar refractivity (Wildman–Crippen MR) is 95.0 cm³/mol. The fourth-order valence-corrected chi connectivity index (χ4v) is 3.66. The summed E-state index contributed by atoms with van der Waals surface area (Å²) >= 11 is 0. The SMILES string of the molecule is COC[C@@H]1N=C(CNS(=O)(=O)c2ccccc2)O[C@H]1c1ccccc1. The maximum atomic E-state index is 12.3. The van der Waals surface area contributed by atoms with Gasteiger partial charge in [0.25, 0.3) is 0 Å². The van der Waals surface area contributed by atoms with Gasteiger partial charge in [-0.3, -0.25) is 0 Å². The normalized spacial score (nSPS) is 20.1. The number of hydrogen-bond donors (Lipinski definition) is 1. The summed E-state index contributed by atoms with van der Waals surface area (Å²) in [7, 11) is -2.00. The van der Waals surface area contributed by atoms with Crippen molar-refractivity contribution in [1.82, 2.24) is 4.72 Å². The van der Waals surface area contributed by atoms with E-state index >= 15 is 0 Å². The summed E-state index contributed by atoms with van der Waals surface area (Å²) in [4.78, 5) is 4.68. The Balaban J connectivity index is 1.70. The van der Waals surface area contributed by atoms with Crippen molar-refractivity contribution in [3.05, 3.63) is 66.2 Å². The molecule has 1 heterocycles. The minimum Gasteiger partial charge on any atom is -0.469 e. The summed E-state index contributed by atoms with van der Waals surface area (Å²) in [5.41, 5.74) is 0.981. The molecule has 2 aromatic carbocycles. The van der Waals surface area contributed by atoms with Crippen molar-refractivity contribution >= 4 is 15.9 Å². The molecule has 0 bridgehead atoms. The van der Waals surface area contributed by atoms with Crippen LogP contribution in [0, 0.1) is 0 Å². The van der Waals surface area contributed by atoms with Gasteiger partial charge in [0.1, 0.15) is 12.1 Å². The molecule has 0 aromatic heterocycles. The molecule has 3 rings (SSSR count). The summed E-state index contributed by atoms with van der Waals surface area (Å²) in [5, 5.41) is 0. The molecule has 132 valence electrons. The molecule has 2 aromatic rings. The molecule has 0 aliphatic carbocycles. The van der Waals surface area contributed by atoms with Gasteiger partial charge < -0.3 is 9.47 Å². The lowest BCUT2D eigenvalue weighted by Crippen LogP contribution is -2.30. The molecule has 0 unspecified atom stereocenters. The molecular weight excluding hydrogens is 340 g/mol. The van der Waals surface area contributed by atoms with E-state index in [0.29, 0.717) is 12.5 Å². The standard InChI is InChI=1S/C18H20N2O4S/c1-23-13-16-18(14-8-4-2-5-9-14)24-17(20-16)12-19-25(21,22)15-10-6-3-7-11-15/h2-11,16,18-19H,12-13H2,1H3/t16-,18-/m0/s1. The molecule has 1 N–H and O–H groups in total. The first-order valence-corrected chi connectivity index (χ1v) is 9.40. The number of ether oxygens (including phenoxy) is 2. The molecule has 0 fully saturated rings. The van der Waals surface area contributed by atoms with Gasteiger partial charge in [-0.1, -0.05) is 48.5 Å². The largest absolute Gasteiger partial charge is 0.469 e. The van der Waals surface area contributed by atoms with Crippen molar-refractivity contribution in [3.63, 3.8) is 0 Å². The van der Waals surface area contributed by atoms with Crippen LogP contribution in [-0.4, -0.2) is 40.6 Å². The lowest BCUT2D eigenvalue weighted by Gasteiger charge is -2.17. The fourth-order valence-electron chi connectivity index (χ4n) is 2.66. The molecule has 0 spiro atoms. The fraction of sp³-hybridized carbons (Fsp3) is 0.278. The minimum atomic E-state index is -3.60. The van der Waals surface area contributed by atoms with Crippen LogP contribution in [0.2, 0.25) is 0 Å². The quantitative estimate of drug-likeness (QED) is 0.821. The van der Waals surface area contributed by atoms with Crippen LogP contribution < -0.4 is 4.72 Å². The van der Waals surface area contributed by atoms with Crippen LogP contribution in [0.4, 0.5) is 0 Å². The zero-order chi connectivity index (χ0) is 17.7. The highest BCUT2D eigenvalue weighted by atomic mass is 32.2. The maximum Gasteiger partial charge on any atom is 0.241 e. The molecule has 0 amide bonds. The molecule has 7 heteroatoms. The Hall–Kier alpha value is -2.22. The number of rotatable bonds is 7. The number of aliphatic imine (C=N–C) groups is 1. The van der Waals surface area contributed by atoms with Crippen LogP contribution >= 0.6 is 0 Å². The molecule has 1 aliphatic rings. The van der Waals surface area contributed by atoms with Gasteiger partial charge in [-0.25, -0.2) is 18.1 Å². The number of methoxy groups -OCH3 is 1. The van der Waals surface area contributed by atoms with E-state index in [2.05, 4.69) is 9.71 Å². The van der Waals surface area contributed by atoms with Gasteiger partial charge >= 0.3 is 0 Å². The van der Waals surface area contributed by atoms with Crippen LogP contribution in [0.25, 0.3) is 0 Å². The first-order valence-electron chi connectivity index (χ1n) is 7.92. The average Bonchev–Trinajstić information content (AvgIpc) is 3.05. The summed E-state index contributed by atoms with van der Waals surface area (Å²) < 4.78 is 38.2. The maximum absolute atomic E-state index is 12.3. The van der Waals surface area contributed by atoms with E-state index in [9.17, 15) is 8.42 Å². The molecule has 6 nitrogen and oxygen atoms in total. The van der Waals surface area contributed by atoms with Gasteiger partial charge in [-0.15, -0.1) is 0 Å². The topological polar surface area (TPSA) is 77.0 Å². The zero-order valence-electron chi connectivity index (χ0n) is 13.8. The monoisotopic (exact) mass is 360 g/mol. The van der Waals surface area contributed by atoms with Crippen molar-refractivity contribution < 1.29 is 17.9 Å². The van der Waals surface area contributed by atoms with E-state index in [4.69, 9.17) is 9.47 Å². The lowest BCUT2D eigenvalue weighted by molar-refractivity contribution is 0.119. The number of nitrogens with zero attached hydrogens (tertiary/aromatic N) is 1. The van der Waals surface area contributed by atoms with E-state index < -0.39 is 10.0 Å². The van der Waals surface area contributed by atoms with E-state index in [1.165, 1.54) is 0 Å². The van der Waals surface area contributed by atoms with E-state index in [-0.39, 0.29) is 23.6 Å². The lowest BCUT2D eigenvalue weighted by atomic mass is 10.0. The Kier molecular flexibility index (Phi) is 5.47. The first-order chi connectivity index (χ1) is 12.1. The summed E-state index contributed by atoms with van der Waals surface area (Å²) in [6.07, 6.45) is -0.280. The smallest absolute Gasteiger partial charge is 0.241 e. The van der Waals surface area contributed by atoms with Crippen molar-refractivity contribution in [2.75, 3.05) is 20.3 Å². The highest BCUT2D eigenvalue weighted by Gasteiger charge is 2.32. The van der Waals surface area contributed by atoms with E-state index in [1.807, 2.05) is 30.3 Å². The second-order valence-electron chi connectivity index (χ2n) is 5.63. The second-order valence-corrected chi connectivity index (χ2v) is 7.40. The van der Waals surface area contributed by atoms with Crippen LogP contribution in [-0.2, 0) is 19.5 Å². The first kappa shape index (κ1) is 17.6. The minimum absolute atomic E-state index is 0.000769. The van der Waals surface area contributed by atoms with Crippen molar-refractivity contribution in [1.29, 1.82) is 0 Å². The van der Waals surface area contributed by atoms with Gasteiger partial charge in [-0.05, 0) is 17.7 Å². The molecule has 0 saturated carbocycles. The number of sulfonamides is 1. The van der Waals surface area contributed by atoms with Gasteiger partial charge in [-0.2, -0.15) is 0 Å². The Morgan fingerprint density at radius 3 is 2.36 bits per heavy atom. The summed E-state index contributed by atoms with van der Waals surface area (Å²) in [6, 6.07) is 17.7. The van der Waals surface area contributed by atoms with Crippen molar-refractivity contribution in [2.45, 2.75) is 17.0 Å². The van der Waals surface area contributed by atoms with Crippen LogP contribution in [0.3, 0.4) is 0 Å². The average molecular weight is 360 g/mol. The summed E-state index contributed by atoms with van der Waals surface area (Å²) in [6.45, 7) is 0.398. The number of hydrogen-bond acceptors (Lipinski definition) is 5. The number of benzene rings is 2. The molecule has 2 atom stereocenters. The van der Waals surface area contributed by atoms with E-state index in [0.717, 1.165) is 5.56 Å². The Morgan fingerprint density at radius 2 is 1.72 bits per heavy atom. The zero-order valence-corrected chi connectivity index (χ0v) is 14.6. The van der Waals surface area contributed by atoms with E-state index in [1.54, 1.807) is 37.4 Å². The second kappa shape index (κ2) is 7.77. The van der Waals surface area contributed by atoms with Crippen molar-refractivity contribution in [2.24, 2.45) is 4.99 Å². The Morgan fingerprint density at radius 1 is 1.08 bits per heavy atom. The third-order valence-electron chi connectivity index (χ3n) is 3.85.